The van der Waals surface area contributed by atoms with Crippen LogP contribution in [0.5, 0.6) is 0 Å². The van der Waals surface area contributed by atoms with Crippen LogP contribution in [0.15, 0.2) is 0 Å². The third-order valence-electron chi connectivity index (χ3n) is 1.97. The average molecular weight is 186 g/mol. The molecule has 1 fully saturated rings. The van der Waals surface area contributed by atoms with Crippen molar-refractivity contribution in [2.75, 3.05) is 13.2 Å². The van der Waals surface area contributed by atoms with E-state index in [0.29, 0.717) is 19.6 Å². The summed E-state index contributed by atoms with van der Waals surface area (Å²) in [4.78, 5) is 22.2. The molecule has 1 saturated carbocycles. The lowest BCUT2D eigenvalue weighted by molar-refractivity contribution is -0.150. The van der Waals surface area contributed by atoms with Gasteiger partial charge >= 0.3 is 11.9 Å². The first kappa shape index (κ1) is 10.0. The highest BCUT2D eigenvalue weighted by Gasteiger charge is 2.50. The Hall–Kier alpha value is -1.06. The summed E-state index contributed by atoms with van der Waals surface area (Å²) in [5, 5.41) is 0. The maximum atomic E-state index is 11.1. The molecule has 0 aromatic rings. The van der Waals surface area contributed by atoms with Gasteiger partial charge in [0.05, 0.1) is 25.0 Å². The molecule has 0 spiro atoms. The van der Waals surface area contributed by atoms with E-state index >= 15 is 0 Å². The second kappa shape index (κ2) is 4.25. The third kappa shape index (κ3) is 2.44. The fraction of sp³-hybridized carbons (Fsp3) is 0.778. The minimum atomic E-state index is -0.277. The van der Waals surface area contributed by atoms with E-state index in [0.717, 1.165) is 0 Å². The fourth-order valence-corrected chi connectivity index (χ4v) is 1.21. The largest absolute Gasteiger partial charge is 0.466 e. The highest BCUT2D eigenvalue weighted by molar-refractivity contribution is 5.87. The maximum Gasteiger partial charge on any atom is 0.309 e. The first-order chi connectivity index (χ1) is 6.20. The van der Waals surface area contributed by atoms with Gasteiger partial charge in [-0.25, -0.2) is 0 Å². The second-order valence-electron chi connectivity index (χ2n) is 2.95. The molecule has 0 aromatic carbocycles. The molecule has 0 aromatic heterocycles. The molecule has 0 aliphatic heterocycles. The quantitative estimate of drug-likeness (QED) is 0.608. The van der Waals surface area contributed by atoms with Crippen LogP contribution < -0.4 is 0 Å². The van der Waals surface area contributed by atoms with Gasteiger partial charge in [0.1, 0.15) is 0 Å². The highest BCUT2D eigenvalue weighted by atomic mass is 16.5. The first-order valence-corrected chi connectivity index (χ1v) is 4.54. The van der Waals surface area contributed by atoms with Gasteiger partial charge in [-0.15, -0.1) is 0 Å². The van der Waals surface area contributed by atoms with E-state index in [1.54, 1.807) is 13.8 Å². The Bertz CT molecular complexity index is 190. The minimum absolute atomic E-state index is 0.251. The molecule has 1 unspecified atom stereocenters. The van der Waals surface area contributed by atoms with Crippen LogP contribution in [-0.2, 0) is 19.1 Å². The lowest BCUT2D eigenvalue weighted by atomic mass is 10.3. The zero-order valence-corrected chi connectivity index (χ0v) is 7.91. The Morgan fingerprint density at radius 3 is 1.77 bits per heavy atom. The van der Waals surface area contributed by atoms with Crippen molar-refractivity contribution in [3.8, 4) is 0 Å². The molecule has 2 atom stereocenters. The van der Waals surface area contributed by atoms with Crippen LogP contribution in [0.1, 0.15) is 20.3 Å². The number of carbonyl (C=O) groups excluding carboxylic acids is 2. The molecule has 74 valence electrons. The van der Waals surface area contributed by atoms with E-state index in [9.17, 15) is 9.59 Å². The molecule has 4 heteroatoms. The molecule has 13 heavy (non-hydrogen) atoms. The summed E-state index contributed by atoms with van der Waals surface area (Å²) < 4.78 is 9.56. The number of ether oxygens (including phenoxy) is 2. The minimum Gasteiger partial charge on any atom is -0.466 e. The lowest BCUT2D eigenvalue weighted by Crippen LogP contribution is -2.13. The number of hydrogen-bond acceptors (Lipinski definition) is 4. The van der Waals surface area contributed by atoms with Crippen LogP contribution in [-0.4, -0.2) is 25.2 Å². The van der Waals surface area contributed by atoms with Gasteiger partial charge in [-0.3, -0.25) is 9.59 Å². The molecular formula is C9H14O4. The molecule has 0 amide bonds. The standard InChI is InChI=1S/C9H14O4/c1-3-12-8(10)6-5-7(6)9(11)13-4-2/h6-7H,3-5H2,1-2H3/t6-,7?/m0/s1. The Balaban J connectivity index is 2.29. The van der Waals surface area contributed by atoms with Crippen LogP contribution in [0.2, 0.25) is 0 Å². The molecule has 0 N–H and O–H groups in total. The summed E-state index contributed by atoms with van der Waals surface area (Å²) in [6.45, 7) is 4.23. The average Bonchev–Trinajstić information content (AvgIpc) is 2.84. The van der Waals surface area contributed by atoms with Crippen molar-refractivity contribution in [1.82, 2.24) is 0 Å². The summed E-state index contributed by atoms with van der Waals surface area (Å²) in [6, 6.07) is 0. The molecular weight excluding hydrogens is 172 g/mol. The number of hydrogen-bond donors (Lipinski definition) is 0. The molecule has 0 heterocycles. The topological polar surface area (TPSA) is 52.6 Å². The molecule has 1 aliphatic carbocycles. The maximum absolute atomic E-state index is 11.1. The first-order valence-electron chi connectivity index (χ1n) is 4.54. The summed E-state index contributed by atoms with van der Waals surface area (Å²) >= 11 is 0. The summed E-state index contributed by atoms with van der Waals surface area (Å²) in [5.74, 6) is -1.06. The Morgan fingerprint density at radius 1 is 1.08 bits per heavy atom. The number of carbonyl (C=O) groups is 2. The SMILES string of the molecule is CCOC(=O)C1C[C@@H]1C(=O)OCC. The van der Waals surface area contributed by atoms with Crippen LogP contribution in [0, 0.1) is 11.8 Å². The summed E-state index contributed by atoms with van der Waals surface area (Å²) in [5.41, 5.74) is 0. The van der Waals surface area contributed by atoms with Crippen molar-refractivity contribution >= 4 is 11.9 Å². The number of esters is 2. The predicted molar refractivity (Wildman–Crippen MR) is 44.9 cm³/mol. The molecule has 1 rings (SSSR count). The van der Waals surface area contributed by atoms with Gasteiger partial charge in [0.25, 0.3) is 0 Å². The van der Waals surface area contributed by atoms with E-state index in [-0.39, 0.29) is 23.8 Å². The predicted octanol–water partition coefficient (Wildman–Crippen LogP) is 0.749. The third-order valence-corrected chi connectivity index (χ3v) is 1.97. The van der Waals surface area contributed by atoms with E-state index in [1.807, 2.05) is 0 Å². The second-order valence-corrected chi connectivity index (χ2v) is 2.95. The Kier molecular flexibility index (Phi) is 3.28. The van der Waals surface area contributed by atoms with Crippen molar-refractivity contribution in [2.45, 2.75) is 20.3 Å². The van der Waals surface area contributed by atoms with E-state index in [1.165, 1.54) is 0 Å². The van der Waals surface area contributed by atoms with Gasteiger partial charge in [-0.2, -0.15) is 0 Å². The van der Waals surface area contributed by atoms with Crippen molar-refractivity contribution in [3.63, 3.8) is 0 Å². The number of rotatable bonds is 4. The van der Waals surface area contributed by atoms with E-state index < -0.39 is 0 Å². The Morgan fingerprint density at radius 2 is 1.46 bits per heavy atom. The fourth-order valence-electron chi connectivity index (χ4n) is 1.21. The van der Waals surface area contributed by atoms with Gasteiger partial charge in [0.2, 0.25) is 0 Å². The Labute approximate surface area is 77.2 Å². The van der Waals surface area contributed by atoms with Gasteiger partial charge < -0.3 is 9.47 Å². The lowest BCUT2D eigenvalue weighted by Gasteiger charge is -2.00. The smallest absolute Gasteiger partial charge is 0.309 e. The molecule has 1 aliphatic rings. The van der Waals surface area contributed by atoms with Gasteiger partial charge in [-0.05, 0) is 20.3 Å². The van der Waals surface area contributed by atoms with Gasteiger partial charge in [0, 0.05) is 0 Å². The van der Waals surface area contributed by atoms with Crippen LogP contribution in [0.3, 0.4) is 0 Å². The van der Waals surface area contributed by atoms with Crippen molar-refractivity contribution in [2.24, 2.45) is 11.8 Å². The van der Waals surface area contributed by atoms with Crippen molar-refractivity contribution < 1.29 is 19.1 Å². The van der Waals surface area contributed by atoms with E-state index in [4.69, 9.17) is 9.47 Å². The zero-order valence-electron chi connectivity index (χ0n) is 7.91. The molecule has 0 radical (unpaired) electrons. The molecule has 4 nitrogen and oxygen atoms in total. The van der Waals surface area contributed by atoms with Crippen LogP contribution >= 0.6 is 0 Å². The zero-order chi connectivity index (χ0) is 9.84. The highest BCUT2D eigenvalue weighted by Crippen LogP contribution is 2.40. The van der Waals surface area contributed by atoms with Crippen molar-refractivity contribution in [3.05, 3.63) is 0 Å². The molecule has 0 bridgehead atoms. The van der Waals surface area contributed by atoms with Gasteiger partial charge in [-0.1, -0.05) is 0 Å². The molecule has 0 saturated heterocycles. The summed E-state index contributed by atoms with van der Waals surface area (Å²) in [7, 11) is 0. The van der Waals surface area contributed by atoms with Crippen LogP contribution in [0.4, 0.5) is 0 Å². The summed E-state index contributed by atoms with van der Waals surface area (Å²) in [6.07, 6.45) is 0.581. The normalized spacial score (nSPS) is 25.1. The van der Waals surface area contributed by atoms with E-state index in [2.05, 4.69) is 0 Å². The van der Waals surface area contributed by atoms with Crippen LogP contribution in [0.25, 0.3) is 0 Å². The monoisotopic (exact) mass is 186 g/mol. The van der Waals surface area contributed by atoms with Crippen molar-refractivity contribution in [1.29, 1.82) is 0 Å². The van der Waals surface area contributed by atoms with Gasteiger partial charge in [0.15, 0.2) is 0 Å².